The van der Waals surface area contributed by atoms with Crippen molar-refractivity contribution in [2.24, 2.45) is 5.50 Å². The van der Waals surface area contributed by atoms with Gasteiger partial charge in [-0.25, -0.2) is 19.4 Å². The summed E-state index contributed by atoms with van der Waals surface area (Å²) in [6.45, 7) is -0.847. The van der Waals surface area contributed by atoms with Crippen molar-refractivity contribution in [2.75, 3.05) is 6.61 Å². The zero-order chi connectivity index (χ0) is 19.0. The molecule has 2 rings (SSSR count). The third kappa shape index (κ3) is 5.15. The molecule has 16 heteroatoms. The number of hydrogen-bond acceptors (Lipinski definition) is 9. The highest BCUT2D eigenvalue weighted by atomic mass is 31.3. The molecule has 0 spiro atoms. The van der Waals surface area contributed by atoms with Crippen LogP contribution in [0.5, 0.6) is 0 Å². The fraction of sp³-hybridized carbons (Fsp3) is 0.556. The van der Waals surface area contributed by atoms with Gasteiger partial charge in [0, 0.05) is 12.3 Å². The van der Waals surface area contributed by atoms with Crippen LogP contribution in [0.25, 0.3) is 0 Å². The molecule has 7 N–H and O–H groups in total. The first-order valence-corrected chi connectivity index (χ1v) is 9.67. The van der Waals surface area contributed by atoms with Gasteiger partial charge in [0.25, 0.3) is 5.56 Å². The molecule has 2 heterocycles. The lowest BCUT2D eigenvalue weighted by Crippen LogP contribution is -2.37. The number of nitrogens with one attached hydrogen (secondary N) is 1. The Kier molecular flexibility index (Phi) is 5.81. The van der Waals surface area contributed by atoms with Crippen molar-refractivity contribution >= 4 is 15.6 Å². The zero-order valence-corrected chi connectivity index (χ0v) is 14.0. The minimum atomic E-state index is -5.05. The molecule has 25 heavy (non-hydrogen) atoms. The summed E-state index contributed by atoms with van der Waals surface area (Å²) < 4.78 is 36.3. The number of aromatic amines is 1. The first-order chi connectivity index (χ1) is 11.4. The van der Waals surface area contributed by atoms with Crippen LogP contribution in [0.15, 0.2) is 21.9 Å². The van der Waals surface area contributed by atoms with Crippen molar-refractivity contribution in [2.45, 2.75) is 24.5 Å². The van der Waals surface area contributed by atoms with Crippen molar-refractivity contribution < 1.29 is 42.7 Å². The number of rotatable bonds is 6. The van der Waals surface area contributed by atoms with Gasteiger partial charge < -0.3 is 24.7 Å². The highest BCUT2D eigenvalue weighted by molar-refractivity contribution is 7.62. The number of aromatic nitrogens is 2. The summed E-state index contributed by atoms with van der Waals surface area (Å²) in [6, 6.07) is 0.976. The summed E-state index contributed by atoms with van der Waals surface area (Å²) in [6.07, 6.45) is -5.11. The van der Waals surface area contributed by atoms with E-state index in [1.54, 1.807) is 0 Å². The van der Waals surface area contributed by atoms with Gasteiger partial charge in [-0.15, -0.1) is 0 Å². The van der Waals surface area contributed by atoms with Gasteiger partial charge in [-0.1, -0.05) is 0 Å². The number of aliphatic hydroxyl groups excluding tert-OH is 2. The number of H-pyrrole nitrogens is 1. The highest BCUT2D eigenvalue weighted by Crippen LogP contribution is 2.56. The minimum absolute atomic E-state index is 0.692. The SMILES string of the molecule is NP(=O)(O)OP(=O)(O)OC[C@H]1O[C@@H](n2ccc(=O)[nH]c2=O)[C@H](O)[C@@H]1O. The third-order valence-corrected chi connectivity index (χ3v) is 5.32. The maximum Gasteiger partial charge on any atom is 0.480 e. The number of nitrogens with zero attached hydrogens (tertiary/aromatic N) is 1. The fourth-order valence-corrected chi connectivity index (χ4v) is 3.77. The Hall–Kier alpha value is -1.18. The number of phosphoric ester groups is 1. The number of hydrogen-bond donors (Lipinski definition) is 6. The molecule has 0 aliphatic carbocycles. The van der Waals surface area contributed by atoms with Gasteiger partial charge >= 0.3 is 21.3 Å². The van der Waals surface area contributed by atoms with Crippen LogP contribution in [0, 0.1) is 0 Å². The quantitative estimate of drug-likeness (QED) is 0.268. The molecule has 0 aromatic carbocycles. The number of aliphatic hydroxyl groups is 2. The molecule has 0 bridgehead atoms. The van der Waals surface area contributed by atoms with Crippen LogP contribution in [0.1, 0.15) is 6.23 Å². The second-order valence-electron chi connectivity index (χ2n) is 4.97. The van der Waals surface area contributed by atoms with Crippen molar-refractivity contribution in [3.05, 3.63) is 33.1 Å². The average molecular weight is 403 g/mol. The number of ether oxygens (including phenoxy) is 1. The van der Waals surface area contributed by atoms with Gasteiger partial charge in [0.1, 0.15) is 18.3 Å². The van der Waals surface area contributed by atoms with Crippen molar-refractivity contribution in [3.63, 3.8) is 0 Å². The van der Waals surface area contributed by atoms with E-state index >= 15 is 0 Å². The Morgan fingerprint density at radius 1 is 1.28 bits per heavy atom. The molecule has 0 radical (unpaired) electrons. The monoisotopic (exact) mass is 403 g/mol. The third-order valence-electron chi connectivity index (χ3n) is 3.08. The van der Waals surface area contributed by atoms with Crippen LogP contribution in [0.3, 0.4) is 0 Å². The average Bonchev–Trinajstić information content (AvgIpc) is 2.71. The van der Waals surface area contributed by atoms with Gasteiger partial charge in [0.05, 0.1) is 6.61 Å². The predicted molar refractivity (Wildman–Crippen MR) is 78.1 cm³/mol. The van der Waals surface area contributed by atoms with Crippen LogP contribution in [-0.2, 0) is 22.7 Å². The highest BCUT2D eigenvalue weighted by Gasteiger charge is 2.45. The molecule has 1 aliphatic rings. The molecule has 1 saturated heterocycles. The lowest BCUT2D eigenvalue weighted by Gasteiger charge is -2.18. The van der Waals surface area contributed by atoms with E-state index in [9.17, 15) is 33.8 Å². The summed E-state index contributed by atoms with van der Waals surface area (Å²) in [5.74, 6) is 0. The van der Waals surface area contributed by atoms with Crippen LogP contribution in [-0.4, -0.2) is 54.5 Å². The number of nitrogens with two attached hydrogens (primary N) is 1. The molecular weight excluding hydrogens is 388 g/mol. The summed E-state index contributed by atoms with van der Waals surface area (Å²) in [5, 5.41) is 19.8. The largest absolute Gasteiger partial charge is 0.480 e. The zero-order valence-electron chi connectivity index (χ0n) is 12.2. The predicted octanol–water partition coefficient (Wildman–Crippen LogP) is -2.65. The molecule has 0 amide bonds. The van der Waals surface area contributed by atoms with E-state index < -0.39 is 58.0 Å². The van der Waals surface area contributed by atoms with Crippen LogP contribution in [0.4, 0.5) is 0 Å². The van der Waals surface area contributed by atoms with E-state index in [4.69, 9.17) is 9.63 Å². The second-order valence-corrected chi connectivity index (χ2v) is 7.95. The van der Waals surface area contributed by atoms with Crippen LogP contribution < -0.4 is 16.8 Å². The Bertz CT molecular complexity index is 831. The van der Waals surface area contributed by atoms with E-state index in [1.807, 2.05) is 4.98 Å². The molecule has 2 unspecified atom stereocenters. The second kappa shape index (κ2) is 7.21. The summed E-state index contributed by atoms with van der Waals surface area (Å²) in [4.78, 5) is 42.5. The van der Waals surface area contributed by atoms with E-state index in [1.165, 1.54) is 0 Å². The van der Waals surface area contributed by atoms with Gasteiger partial charge in [-0.3, -0.25) is 18.9 Å². The Morgan fingerprint density at radius 2 is 1.92 bits per heavy atom. The van der Waals surface area contributed by atoms with E-state index in [0.29, 0.717) is 0 Å². The lowest BCUT2D eigenvalue weighted by molar-refractivity contribution is -0.0541. The summed E-state index contributed by atoms with van der Waals surface area (Å²) >= 11 is 0. The van der Waals surface area contributed by atoms with E-state index in [-0.39, 0.29) is 0 Å². The Labute approximate surface area is 138 Å². The van der Waals surface area contributed by atoms with E-state index in [2.05, 4.69) is 14.3 Å². The summed E-state index contributed by atoms with van der Waals surface area (Å²) in [7, 11) is -9.86. The fourth-order valence-electron chi connectivity index (χ4n) is 2.06. The molecule has 1 aromatic rings. The summed E-state index contributed by atoms with van der Waals surface area (Å²) in [5.41, 5.74) is 2.95. The first-order valence-electron chi connectivity index (χ1n) is 6.53. The normalized spacial score (nSPS) is 31.4. The molecular formula is C9H15N3O11P2. The minimum Gasteiger partial charge on any atom is -0.387 e. The molecule has 142 valence electrons. The van der Waals surface area contributed by atoms with Crippen molar-refractivity contribution in [3.8, 4) is 0 Å². The molecule has 1 fully saturated rings. The molecule has 1 aromatic heterocycles. The topological polar surface area (TPSA) is 224 Å². The van der Waals surface area contributed by atoms with Gasteiger partial charge in [-0.2, -0.15) is 4.31 Å². The molecule has 6 atom stereocenters. The van der Waals surface area contributed by atoms with Crippen LogP contribution in [0.2, 0.25) is 0 Å². The molecule has 0 saturated carbocycles. The van der Waals surface area contributed by atoms with Crippen molar-refractivity contribution in [1.29, 1.82) is 0 Å². The Morgan fingerprint density at radius 3 is 2.48 bits per heavy atom. The van der Waals surface area contributed by atoms with Crippen LogP contribution >= 0.6 is 15.6 Å². The van der Waals surface area contributed by atoms with Crippen molar-refractivity contribution in [1.82, 2.24) is 9.55 Å². The van der Waals surface area contributed by atoms with Gasteiger partial charge in [0.2, 0.25) is 0 Å². The first kappa shape index (κ1) is 20.1. The molecule has 1 aliphatic heterocycles. The standard InChI is InChI=1S/C9H15N3O11P2/c10-24(17,18)23-25(19,20)21-3-4-6(14)7(15)8(22-4)12-2-1-5(13)11-9(12)16/h1-2,4,6-8,14-15H,3H2,(H,19,20)(H3,10,17,18)(H,11,13,16)/t4-,6-,7-,8-/m1/s1. The molecule has 14 nitrogen and oxygen atoms in total. The smallest absolute Gasteiger partial charge is 0.387 e. The Balaban J connectivity index is 2.09. The maximum atomic E-state index is 11.7. The van der Waals surface area contributed by atoms with E-state index in [0.717, 1.165) is 16.8 Å². The van der Waals surface area contributed by atoms with Gasteiger partial charge in [0.15, 0.2) is 6.23 Å². The lowest BCUT2D eigenvalue weighted by atomic mass is 10.1. The van der Waals surface area contributed by atoms with Gasteiger partial charge in [-0.05, 0) is 0 Å². The maximum absolute atomic E-state index is 11.7. The number of phosphoric acid groups is 1.